The molecule has 2 N–H and O–H groups in total. The molecule has 0 bridgehead atoms. The number of primary sulfonamides is 1. The Labute approximate surface area is 128 Å². The van der Waals surface area contributed by atoms with E-state index in [1.165, 1.54) is 0 Å². The third kappa shape index (κ3) is 3.84. The summed E-state index contributed by atoms with van der Waals surface area (Å²) in [5.41, 5.74) is 2.16. The Kier molecular flexibility index (Phi) is 5.19. The van der Waals surface area contributed by atoms with Crippen molar-refractivity contribution in [1.82, 2.24) is 0 Å². The van der Waals surface area contributed by atoms with Gasteiger partial charge in [0.2, 0.25) is 10.0 Å². The molecule has 1 aromatic carbocycles. The van der Waals surface area contributed by atoms with Crippen LogP contribution in [0.15, 0.2) is 17.0 Å². The van der Waals surface area contributed by atoms with E-state index in [0.717, 1.165) is 17.5 Å². The van der Waals surface area contributed by atoms with Crippen LogP contribution < -0.4 is 5.14 Å². The molecule has 0 fully saturated rings. The van der Waals surface area contributed by atoms with Crippen LogP contribution in [0.4, 0.5) is 0 Å². The first-order chi connectivity index (χ1) is 9.54. The van der Waals surface area contributed by atoms with Gasteiger partial charge in [0.1, 0.15) is 0 Å². The average Bonchev–Trinajstić information content (AvgIpc) is 2.36. The highest BCUT2D eigenvalue weighted by atomic mass is 32.2. The Morgan fingerprint density at radius 2 is 1.90 bits per heavy atom. The Balaban J connectivity index is 3.79. The van der Waals surface area contributed by atoms with Crippen LogP contribution in [0.3, 0.4) is 0 Å². The van der Waals surface area contributed by atoms with Crippen LogP contribution in [0.25, 0.3) is 0 Å². The van der Waals surface area contributed by atoms with Gasteiger partial charge in [0, 0.05) is 0 Å². The lowest BCUT2D eigenvalue weighted by Gasteiger charge is -2.27. The molecule has 0 aliphatic carbocycles. The van der Waals surface area contributed by atoms with Crippen molar-refractivity contribution in [2.75, 3.05) is 0 Å². The lowest BCUT2D eigenvalue weighted by molar-refractivity contribution is 0.503. The number of hydrogen-bond donors (Lipinski definition) is 1. The maximum Gasteiger partial charge on any atom is 0.238 e. The molecular formula is C16H24N2O2S. The molecule has 0 atom stereocenters. The second kappa shape index (κ2) is 6.17. The second-order valence-electron chi connectivity index (χ2n) is 6.32. The SMILES string of the molecule is CCC(C)(C)c1cc(CC#N)c(C(C)C)c(S(N)(=O)=O)c1. The van der Waals surface area contributed by atoms with Gasteiger partial charge < -0.3 is 0 Å². The Morgan fingerprint density at radius 1 is 1.33 bits per heavy atom. The summed E-state index contributed by atoms with van der Waals surface area (Å²) in [5.74, 6) is -0.0135. The number of nitrogens with two attached hydrogens (primary N) is 1. The topological polar surface area (TPSA) is 83.9 Å². The quantitative estimate of drug-likeness (QED) is 0.906. The first-order valence-electron chi connectivity index (χ1n) is 7.11. The standard InChI is InChI=1S/C16H24N2O2S/c1-6-16(4,5)13-9-12(7-8-17)15(11(2)3)14(10-13)21(18,19)20/h9-11H,6-7H2,1-5H3,(H2,18,19,20). The first-order valence-corrected chi connectivity index (χ1v) is 8.66. The summed E-state index contributed by atoms with van der Waals surface area (Å²) >= 11 is 0. The van der Waals surface area contributed by atoms with Crippen LogP contribution in [0.1, 0.15) is 63.6 Å². The fraction of sp³-hybridized carbons (Fsp3) is 0.562. The van der Waals surface area contributed by atoms with Gasteiger partial charge in [0.15, 0.2) is 0 Å². The lowest BCUT2D eigenvalue weighted by atomic mass is 9.80. The lowest BCUT2D eigenvalue weighted by Crippen LogP contribution is -2.21. The molecule has 0 unspecified atom stereocenters. The Bertz CT molecular complexity index is 668. The number of nitriles is 1. The Hall–Kier alpha value is -1.38. The van der Waals surface area contributed by atoms with Crippen molar-refractivity contribution in [3.05, 3.63) is 28.8 Å². The number of sulfonamides is 1. The van der Waals surface area contributed by atoms with E-state index in [-0.39, 0.29) is 22.6 Å². The number of nitrogens with zero attached hydrogens (tertiary/aromatic N) is 1. The van der Waals surface area contributed by atoms with E-state index in [2.05, 4.69) is 26.8 Å². The molecule has 0 saturated carbocycles. The minimum atomic E-state index is -3.82. The molecule has 0 aliphatic rings. The van der Waals surface area contributed by atoms with Gasteiger partial charge in [0.25, 0.3) is 0 Å². The number of benzene rings is 1. The minimum absolute atomic E-state index is 0.0135. The van der Waals surface area contributed by atoms with E-state index in [4.69, 9.17) is 10.4 Å². The van der Waals surface area contributed by atoms with Gasteiger partial charge in [0.05, 0.1) is 17.4 Å². The van der Waals surface area contributed by atoms with E-state index < -0.39 is 10.0 Å². The molecule has 116 valence electrons. The summed E-state index contributed by atoms with van der Waals surface area (Å²) < 4.78 is 24.0. The third-order valence-corrected chi connectivity index (χ3v) is 5.00. The summed E-state index contributed by atoms with van der Waals surface area (Å²) in [6.07, 6.45) is 1.05. The molecule has 0 aliphatic heterocycles. The van der Waals surface area contributed by atoms with Crippen molar-refractivity contribution in [2.24, 2.45) is 5.14 Å². The van der Waals surface area contributed by atoms with Crippen LogP contribution in [0.2, 0.25) is 0 Å². The van der Waals surface area contributed by atoms with Crippen molar-refractivity contribution in [3.63, 3.8) is 0 Å². The van der Waals surface area contributed by atoms with Crippen LogP contribution >= 0.6 is 0 Å². The second-order valence-corrected chi connectivity index (χ2v) is 7.85. The molecule has 0 saturated heterocycles. The monoisotopic (exact) mass is 308 g/mol. The van der Waals surface area contributed by atoms with E-state index >= 15 is 0 Å². The number of rotatable bonds is 5. The van der Waals surface area contributed by atoms with Gasteiger partial charge in [-0.25, -0.2) is 13.6 Å². The predicted octanol–water partition coefficient (Wildman–Crippen LogP) is 3.21. The van der Waals surface area contributed by atoms with E-state index in [1.54, 1.807) is 6.07 Å². The molecular weight excluding hydrogens is 284 g/mol. The molecule has 0 aromatic heterocycles. The predicted molar refractivity (Wildman–Crippen MR) is 84.5 cm³/mol. The fourth-order valence-electron chi connectivity index (χ4n) is 2.40. The molecule has 0 spiro atoms. The van der Waals surface area contributed by atoms with Crippen LogP contribution in [0, 0.1) is 11.3 Å². The largest absolute Gasteiger partial charge is 0.238 e. The summed E-state index contributed by atoms with van der Waals surface area (Å²) in [6.45, 7) is 9.99. The number of hydrogen-bond acceptors (Lipinski definition) is 3. The van der Waals surface area contributed by atoms with E-state index in [1.807, 2.05) is 19.9 Å². The van der Waals surface area contributed by atoms with Gasteiger partial charge in [-0.2, -0.15) is 5.26 Å². The van der Waals surface area contributed by atoms with Crippen LogP contribution in [0.5, 0.6) is 0 Å². The van der Waals surface area contributed by atoms with Crippen molar-refractivity contribution < 1.29 is 8.42 Å². The molecule has 0 amide bonds. The zero-order valence-electron chi connectivity index (χ0n) is 13.4. The molecule has 5 heteroatoms. The Morgan fingerprint density at radius 3 is 2.29 bits per heavy atom. The van der Waals surface area contributed by atoms with Crippen LogP contribution in [-0.4, -0.2) is 8.42 Å². The summed E-state index contributed by atoms with van der Waals surface area (Å²) in [6, 6.07) is 5.75. The highest BCUT2D eigenvalue weighted by molar-refractivity contribution is 7.89. The molecule has 1 rings (SSSR count). The van der Waals surface area contributed by atoms with Gasteiger partial charge in [-0.3, -0.25) is 0 Å². The van der Waals surface area contributed by atoms with Gasteiger partial charge >= 0.3 is 0 Å². The molecule has 0 heterocycles. The normalized spacial score (nSPS) is 12.5. The van der Waals surface area contributed by atoms with Gasteiger partial charge in [-0.15, -0.1) is 0 Å². The molecule has 1 aromatic rings. The van der Waals surface area contributed by atoms with Crippen LogP contribution in [-0.2, 0) is 21.9 Å². The van der Waals surface area contributed by atoms with Gasteiger partial charge in [-0.05, 0) is 40.5 Å². The maximum absolute atomic E-state index is 12.0. The summed E-state index contributed by atoms with van der Waals surface area (Å²) in [7, 11) is -3.82. The zero-order chi connectivity index (χ0) is 16.4. The average molecular weight is 308 g/mol. The van der Waals surface area contributed by atoms with Crippen molar-refractivity contribution in [1.29, 1.82) is 5.26 Å². The van der Waals surface area contributed by atoms with Crippen molar-refractivity contribution in [3.8, 4) is 6.07 Å². The zero-order valence-corrected chi connectivity index (χ0v) is 14.2. The molecule has 0 radical (unpaired) electrons. The highest BCUT2D eigenvalue weighted by Crippen LogP contribution is 2.34. The van der Waals surface area contributed by atoms with Crippen molar-refractivity contribution in [2.45, 2.75) is 63.7 Å². The molecule has 21 heavy (non-hydrogen) atoms. The summed E-state index contributed by atoms with van der Waals surface area (Å²) in [4.78, 5) is 0.154. The smallest absolute Gasteiger partial charge is 0.225 e. The highest BCUT2D eigenvalue weighted by Gasteiger charge is 2.26. The molecule has 4 nitrogen and oxygen atoms in total. The minimum Gasteiger partial charge on any atom is -0.225 e. The summed E-state index contributed by atoms with van der Waals surface area (Å²) in [5, 5.41) is 14.4. The van der Waals surface area contributed by atoms with E-state index in [9.17, 15) is 8.42 Å². The first kappa shape index (κ1) is 17.7. The maximum atomic E-state index is 12.0. The van der Waals surface area contributed by atoms with Gasteiger partial charge in [-0.1, -0.05) is 40.7 Å². The van der Waals surface area contributed by atoms with E-state index in [0.29, 0.717) is 5.56 Å². The fourth-order valence-corrected chi connectivity index (χ4v) is 3.37. The van der Waals surface area contributed by atoms with Crippen molar-refractivity contribution >= 4 is 10.0 Å². The third-order valence-electron chi connectivity index (χ3n) is 4.05.